The van der Waals surface area contributed by atoms with Crippen molar-refractivity contribution in [3.8, 4) is 11.3 Å². The van der Waals surface area contributed by atoms with Gasteiger partial charge in [0.1, 0.15) is 5.76 Å². The molecule has 6 rings (SSSR count). The average molecular weight is 527 g/mol. The molecule has 2 aromatic carbocycles. The smallest absolute Gasteiger partial charge is 0.287 e. The number of amides is 1. The van der Waals surface area contributed by atoms with Gasteiger partial charge in [-0.2, -0.15) is 0 Å². The van der Waals surface area contributed by atoms with Crippen molar-refractivity contribution in [2.75, 3.05) is 19.6 Å². The van der Waals surface area contributed by atoms with Gasteiger partial charge in [-0.3, -0.25) is 14.9 Å². The molecule has 4 aromatic rings. The van der Waals surface area contributed by atoms with Gasteiger partial charge in [-0.15, -0.1) is 0 Å². The van der Waals surface area contributed by atoms with Crippen LogP contribution in [0.5, 0.6) is 0 Å². The second-order valence-corrected chi connectivity index (χ2v) is 11.0. The highest BCUT2D eigenvalue weighted by Gasteiger charge is 2.28. The van der Waals surface area contributed by atoms with Crippen molar-refractivity contribution in [3.05, 3.63) is 88.3 Å². The summed E-state index contributed by atoms with van der Waals surface area (Å²) in [5, 5.41) is 15.8. The Morgan fingerprint density at radius 1 is 0.974 bits per heavy atom. The van der Waals surface area contributed by atoms with Gasteiger partial charge in [-0.1, -0.05) is 30.3 Å². The minimum absolute atomic E-state index is 0.0423. The van der Waals surface area contributed by atoms with Crippen molar-refractivity contribution in [1.82, 2.24) is 15.2 Å². The normalized spacial score (nSPS) is 20.7. The summed E-state index contributed by atoms with van der Waals surface area (Å²) in [6.07, 6.45) is 8.73. The monoisotopic (exact) mass is 526 g/mol. The molecule has 2 aromatic heterocycles. The number of nitro groups is 1. The summed E-state index contributed by atoms with van der Waals surface area (Å²) in [6, 6.07) is 18.3. The summed E-state index contributed by atoms with van der Waals surface area (Å²) in [5.74, 6) is 1.53. The topological polar surface area (TPSA) is 104 Å². The number of aromatic amines is 1. The number of likely N-dealkylation sites (tertiary alicyclic amines) is 1. The summed E-state index contributed by atoms with van der Waals surface area (Å²) in [6.45, 7) is 3.42. The average Bonchev–Trinajstić information content (AvgIpc) is 3.63. The van der Waals surface area contributed by atoms with Gasteiger partial charge in [-0.25, -0.2) is 0 Å². The van der Waals surface area contributed by atoms with Crippen molar-refractivity contribution < 1.29 is 14.1 Å². The van der Waals surface area contributed by atoms with Crippen LogP contribution in [0.1, 0.15) is 60.6 Å². The van der Waals surface area contributed by atoms with Crippen molar-refractivity contribution in [3.63, 3.8) is 0 Å². The lowest BCUT2D eigenvalue weighted by molar-refractivity contribution is -0.384. The standard InChI is InChI=1S/C31H34N4O4/c36-31(30-14-13-29(39-30)25-6-2-4-8-28(25)35(37)38)33-23-11-9-21(10-12-23)20-34-17-15-22(16-18-34)26-19-32-27-7-3-1-5-24(26)27/h1-8,13-14,19,21-23,32H,9-12,15-18,20H2,(H,33,36). The molecule has 202 valence electrons. The molecule has 1 saturated heterocycles. The summed E-state index contributed by atoms with van der Waals surface area (Å²) < 4.78 is 5.72. The summed E-state index contributed by atoms with van der Waals surface area (Å²) >= 11 is 0. The molecule has 0 bridgehead atoms. The Labute approximate surface area is 227 Å². The van der Waals surface area contributed by atoms with Crippen molar-refractivity contribution in [1.29, 1.82) is 0 Å². The largest absolute Gasteiger partial charge is 0.451 e. The van der Waals surface area contributed by atoms with Gasteiger partial charge in [0.25, 0.3) is 11.6 Å². The van der Waals surface area contributed by atoms with Crippen LogP contribution < -0.4 is 5.32 Å². The van der Waals surface area contributed by atoms with Gasteiger partial charge in [-0.05, 0) is 93.3 Å². The number of piperidine rings is 1. The number of rotatable bonds is 7. The predicted octanol–water partition coefficient (Wildman–Crippen LogP) is 6.50. The van der Waals surface area contributed by atoms with E-state index < -0.39 is 4.92 Å². The van der Waals surface area contributed by atoms with Gasteiger partial charge >= 0.3 is 0 Å². The number of carbonyl (C=O) groups is 1. The second kappa shape index (κ2) is 11.1. The van der Waals surface area contributed by atoms with Crippen LogP contribution in [0.4, 0.5) is 5.69 Å². The molecule has 2 N–H and O–H groups in total. The summed E-state index contributed by atoms with van der Waals surface area (Å²) in [5.41, 5.74) is 3.02. The Morgan fingerprint density at radius 3 is 2.51 bits per heavy atom. The molecule has 1 aliphatic heterocycles. The number of hydrogen-bond acceptors (Lipinski definition) is 5. The van der Waals surface area contributed by atoms with Crippen LogP contribution in [0.3, 0.4) is 0 Å². The highest BCUT2D eigenvalue weighted by Crippen LogP contribution is 2.35. The molecule has 2 fully saturated rings. The Kier molecular flexibility index (Phi) is 7.20. The maximum absolute atomic E-state index is 12.8. The zero-order valence-corrected chi connectivity index (χ0v) is 22.0. The first-order valence-corrected chi connectivity index (χ1v) is 14.0. The van der Waals surface area contributed by atoms with Gasteiger partial charge in [0.2, 0.25) is 0 Å². The number of carbonyl (C=O) groups excluding carboxylic acids is 1. The minimum atomic E-state index is -0.442. The molecule has 0 unspecified atom stereocenters. The highest BCUT2D eigenvalue weighted by molar-refractivity contribution is 5.92. The number of fused-ring (bicyclic) bond motifs is 1. The molecule has 0 spiro atoms. The van der Waals surface area contributed by atoms with Crippen LogP contribution in [-0.4, -0.2) is 46.4 Å². The number of para-hydroxylation sites is 2. The van der Waals surface area contributed by atoms with E-state index in [4.69, 9.17) is 4.42 Å². The van der Waals surface area contributed by atoms with Crippen LogP contribution in [0, 0.1) is 16.0 Å². The molecule has 1 aliphatic carbocycles. The van der Waals surface area contributed by atoms with Crippen LogP contribution in [-0.2, 0) is 0 Å². The number of aromatic nitrogens is 1. The molecule has 8 nitrogen and oxygen atoms in total. The summed E-state index contributed by atoms with van der Waals surface area (Å²) in [7, 11) is 0. The number of H-pyrrole nitrogens is 1. The maximum Gasteiger partial charge on any atom is 0.287 e. The van der Waals surface area contributed by atoms with Crippen LogP contribution in [0.25, 0.3) is 22.2 Å². The highest BCUT2D eigenvalue weighted by atomic mass is 16.6. The van der Waals surface area contributed by atoms with Crippen molar-refractivity contribution >= 4 is 22.5 Å². The van der Waals surface area contributed by atoms with Crippen LogP contribution >= 0.6 is 0 Å². The number of nitrogens with one attached hydrogen (secondary N) is 2. The van der Waals surface area contributed by atoms with Crippen LogP contribution in [0.15, 0.2) is 71.3 Å². The Hall–Kier alpha value is -3.91. The number of furan rings is 1. The lowest BCUT2D eigenvalue weighted by Crippen LogP contribution is -2.41. The first-order chi connectivity index (χ1) is 19.0. The molecule has 39 heavy (non-hydrogen) atoms. The van der Waals surface area contributed by atoms with Crippen molar-refractivity contribution in [2.24, 2.45) is 5.92 Å². The van der Waals surface area contributed by atoms with Crippen LogP contribution in [0.2, 0.25) is 0 Å². The Bertz CT molecular complexity index is 1460. The molecule has 3 heterocycles. The minimum Gasteiger partial charge on any atom is -0.451 e. The van der Waals surface area contributed by atoms with E-state index in [2.05, 4.69) is 45.7 Å². The Morgan fingerprint density at radius 2 is 1.72 bits per heavy atom. The van der Waals surface area contributed by atoms with Gasteiger partial charge in [0, 0.05) is 35.8 Å². The molecular weight excluding hydrogens is 492 g/mol. The molecular formula is C31H34N4O4. The molecule has 0 radical (unpaired) electrons. The first-order valence-electron chi connectivity index (χ1n) is 14.0. The third-order valence-corrected chi connectivity index (χ3v) is 8.54. The Balaban J connectivity index is 0.967. The maximum atomic E-state index is 12.8. The van der Waals surface area contributed by atoms with E-state index in [9.17, 15) is 14.9 Å². The van der Waals surface area contributed by atoms with E-state index in [0.29, 0.717) is 23.2 Å². The molecule has 1 saturated carbocycles. The number of hydrogen-bond donors (Lipinski definition) is 2. The molecule has 8 heteroatoms. The molecule has 2 aliphatic rings. The fraction of sp³-hybridized carbons (Fsp3) is 0.387. The van der Waals surface area contributed by atoms with Gasteiger partial charge in [0.05, 0.1) is 10.5 Å². The lowest BCUT2D eigenvalue weighted by atomic mass is 9.84. The number of nitro benzene ring substituents is 1. The third kappa shape index (κ3) is 5.47. The molecule has 0 atom stereocenters. The van der Waals surface area contributed by atoms with E-state index in [-0.39, 0.29) is 23.4 Å². The number of benzene rings is 2. The quantitative estimate of drug-likeness (QED) is 0.211. The second-order valence-electron chi connectivity index (χ2n) is 11.0. The van der Waals surface area contributed by atoms with E-state index in [1.54, 1.807) is 30.3 Å². The zero-order valence-electron chi connectivity index (χ0n) is 22.0. The zero-order chi connectivity index (χ0) is 26.8. The van der Waals surface area contributed by atoms with E-state index in [0.717, 1.165) is 45.3 Å². The molecule has 1 amide bonds. The SMILES string of the molecule is O=C(NC1CCC(CN2CCC(c3c[nH]c4ccccc34)CC2)CC1)c1ccc(-c2ccccc2[N+](=O)[O-])o1. The number of nitrogens with zero attached hydrogens (tertiary/aromatic N) is 2. The first kappa shape index (κ1) is 25.4. The fourth-order valence-corrected chi connectivity index (χ4v) is 6.42. The third-order valence-electron chi connectivity index (χ3n) is 8.54. The van der Waals surface area contributed by atoms with Gasteiger partial charge < -0.3 is 19.6 Å². The predicted molar refractivity (Wildman–Crippen MR) is 151 cm³/mol. The summed E-state index contributed by atoms with van der Waals surface area (Å²) in [4.78, 5) is 29.8. The van der Waals surface area contributed by atoms with Gasteiger partial charge in [0.15, 0.2) is 5.76 Å². The lowest BCUT2D eigenvalue weighted by Gasteiger charge is -2.36. The van der Waals surface area contributed by atoms with Crippen molar-refractivity contribution in [2.45, 2.75) is 50.5 Å². The van der Waals surface area contributed by atoms with E-state index >= 15 is 0 Å². The van der Waals surface area contributed by atoms with E-state index in [1.165, 1.54) is 35.4 Å². The fourth-order valence-electron chi connectivity index (χ4n) is 6.42. The van der Waals surface area contributed by atoms with E-state index in [1.807, 2.05) is 0 Å².